The molecule has 0 radical (unpaired) electrons. The number of carbonyl (C=O) groups is 1. The minimum Gasteiger partial charge on any atom is -0.460 e. The number of imidazole rings is 1. The molecular weight excluding hydrogens is 266 g/mol. The Morgan fingerprint density at radius 3 is 2.74 bits per heavy atom. The molecular formula is C13H16ClN3O2. The third-order valence-electron chi connectivity index (χ3n) is 2.51. The van der Waals surface area contributed by atoms with E-state index in [0.29, 0.717) is 6.42 Å². The van der Waals surface area contributed by atoms with Crippen LogP contribution in [0, 0.1) is 0 Å². The van der Waals surface area contributed by atoms with Crippen LogP contribution in [0.15, 0.2) is 42.9 Å². The number of benzene rings is 1. The molecule has 0 aliphatic rings. The summed E-state index contributed by atoms with van der Waals surface area (Å²) in [4.78, 5) is 18.5. The van der Waals surface area contributed by atoms with Crippen molar-refractivity contribution in [2.24, 2.45) is 5.73 Å². The summed E-state index contributed by atoms with van der Waals surface area (Å²) < 4.78 is 5.14. The molecule has 19 heavy (non-hydrogen) atoms. The lowest BCUT2D eigenvalue weighted by molar-refractivity contribution is -0.146. The Morgan fingerprint density at radius 2 is 2.11 bits per heavy atom. The zero-order valence-corrected chi connectivity index (χ0v) is 11.1. The number of ether oxygens (including phenoxy) is 1. The van der Waals surface area contributed by atoms with Crippen LogP contribution < -0.4 is 5.73 Å². The van der Waals surface area contributed by atoms with E-state index in [1.165, 1.54) is 0 Å². The maximum atomic E-state index is 11.7. The van der Waals surface area contributed by atoms with Crippen molar-refractivity contribution in [3.63, 3.8) is 0 Å². The maximum Gasteiger partial charge on any atom is 0.323 e. The highest BCUT2D eigenvalue weighted by molar-refractivity contribution is 5.85. The molecule has 0 unspecified atom stereocenters. The van der Waals surface area contributed by atoms with Crippen molar-refractivity contribution >= 4 is 18.4 Å². The van der Waals surface area contributed by atoms with Gasteiger partial charge in [0.2, 0.25) is 0 Å². The van der Waals surface area contributed by atoms with E-state index in [2.05, 4.69) is 9.97 Å². The summed E-state index contributed by atoms with van der Waals surface area (Å²) in [5.41, 5.74) is 7.44. The Balaban J connectivity index is 0.00000180. The van der Waals surface area contributed by atoms with Crippen LogP contribution in [0.5, 0.6) is 0 Å². The molecule has 0 aliphatic heterocycles. The van der Waals surface area contributed by atoms with E-state index in [1.54, 1.807) is 12.5 Å². The number of rotatable bonds is 5. The second-order valence-electron chi connectivity index (χ2n) is 3.96. The summed E-state index contributed by atoms with van der Waals surface area (Å²) in [6.07, 6.45) is 3.64. The summed E-state index contributed by atoms with van der Waals surface area (Å²) in [7, 11) is 0. The Kier molecular flexibility index (Phi) is 6.05. The smallest absolute Gasteiger partial charge is 0.323 e. The molecule has 0 bridgehead atoms. The number of aromatic nitrogens is 2. The van der Waals surface area contributed by atoms with Gasteiger partial charge in [-0.25, -0.2) is 4.98 Å². The standard InChI is InChI=1S/C13H15N3O2.ClH/c14-12(6-11-7-15-9-16-11)13(17)18-8-10-4-2-1-3-5-10;/h1-5,7,9,12H,6,8,14H2,(H,15,16);1H/t12-;/m0./s1. The van der Waals surface area contributed by atoms with Gasteiger partial charge < -0.3 is 15.5 Å². The molecule has 2 aromatic rings. The molecule has 6 heteroatoms. The Labute approximate surface area is 117 Å². The summed E-state index contributed by atoms with van der Waals surface area (Å²) in [5, 5.41) is 0. The Morgan fingerprint density at radius 1 is 1.37 bits per heavy atom. The average molecular weight is 282 g/mol. The van der Waals surface area contributed by atoms with Crippen molar-refractivity contribution in [3.8, 4) is 0 Å². The largest absolute Gasteiger partial charge is 0.460 e. The minimum absolute atomic E-state index is 0. The van der Waals surface area contributed by atoms with Crippen molar-refractivity contribution in [2.75, 3.05) is 0 Å². The quantitative estimate of drug-likeness (QED) is 0.813. The number of nitrogens with zero attached hydrogens (tertiary/aromatic N) is 1. The number of hydrogen-bond acceptors (Lipinski definition) is 4. The Bertz CT molecular complexity index is 488. The summed E-state index contributed by atoms with van der Waals surface area (Å²) in [5.74, 6) is -0.415. The molecule has 1 aromatic heterocycles. The van der Waals surface area contributed by atoms with Gasteiger partial charge in [-0.15, -0.1) is 12.4 Å². The van der Waals surface area contributed by atoms with E-state index < -0.39 is 12.0 Å². The first-order valence-corrected chi connectivity index (χ1v) is 5.69. The molecule has 1 heterocycles. The van der Waals surface area contributed by atoms with Gasteiger partial charge in [0.1, 0.15) is 12.6 Å². The van der Waals surface area contributed by atoms with Gasteiger partial charge in [-0.05, 0) is 5.56 Å². The fraction of sp³-hybridized carbons (Fsp3) is 0.231. The molecule has 5 nitrogen and oxygen atoms in total. The molecule has 0 amide bonds. The predicted molar refractivity (Wildman–Crippen MR) is 73.8 cm³/mol. The van der Waals surface area contributed by atoms with E-state index >= 15 is 0 Å². The first kappa shape index (κ1) is 15.2. The number of halogens is 1. The van der Waals surface area contributed by atoms with Crippen molar-refractivity contribution in [1.82, 2.24) is 9.97 Å². The van der Waals surface area contributed by atoms with Gasteiger partial charge in [0, 0.05) is 12.6 Å². The highest BCUT2D eigenvalue weighted by atomic mass is 35.5. The number of hydrogen-bond donors (Lipinski definition) is 2. The van der Waals surface area contributed by atoms with Crippen LogP contribution in [0.1, 0.15) is 11.3 Å². The van der Waals surface area contributed by atoms with Crippen LogP contribution in [0.3, 0.4) is 0 Å². The highest BCUT2D eigenvalue weighted by Gasteiger charge is 2.16. The van der Waals surface area contributed by atoms with Crippen molar-refractivity contribution in [2.45, 2.75) is 19.1 Å². The number of aromatic amines is 1. The summed E-state index contributed by atoms with van der Waals surface area (Å²) in [6.45, 7) is 0.244. The number of carbonyl (C=O) groups excluding carboxylic acids is 1. The van der Waals surface area contributed by atoms with Crippen LogP contribution >= 0.6 is 12.4 Å². The normalized spacial score (nSPS) is 11.4. The predicted octanol–water partition coefficient (Wildman–Crippen LogP) is 1.44. The molecule has 1 aromatic carbocycles. The maximum absolute atomic E-state index is 11.7. The average Bonchev–Trinajstić information content (AvgIpc) is 2.90. The SMILES string of the molecule is Cl.N[C@@H](Cc1c[nH]cn1)C(=O)OCc1ccccc1. The van der Waals surface area contributed by atoms with Gasteiger partial charge in [0.05, 0.1) is 12.0 Å². The molecule has 0 fully saturated rings. The third-order valence-corrected chi connectivity index (χ3v) is 2.51. The Hall–Kier alpha value is -1.85. The van der Waals surface area contributed by atoms with Crippen molar-refractivity contribution in [3.05, 3.63) is 54.1 Å². The zero-order valence-electron chi connectivity index (χ0n) is 10.3. The molecule has 0 spiro atoms. The monoisotopic (exact) mass is 281 g/mol. The lowest BCUT2D eigenvalue weighted by Crippen LogP contribution is -2.34. The molecule has 0 saturated heterocycles. The third kappa shape index (κ3) is 4.73. The van der Waals surface area contributed by atoms with E-state index in [-0.39, 0.29) is 19.0 Å². The number of esters is 1. The van der Waals surface area contributed by atoms with Gasteiger partial charge in [0.25, 0.3) is 0 Å². The number of nitrogens with two attached hydrogens (primary N) is 1. The lowest BCUT2D eigenvalue weighted by Gasteiger charge is -2.10. The second kappa shape index (κ2) is 7.56. The van der Waals surface area contributed by atoms with Crippen LogP contribution in [0.25, 0.3) is 0 Å². The summed E-state index contributed by atoms with van der Waals surface area (Å²) in [6, 6.07) is 8.81. The van der Waals surface area contributed by atoms with Gasteiger partial charge in [-0.2, -0.15) is 0 Å². The van der Waals surface area contributed by atoms with Crippen LogP contribution in [-0.4, -0.2) is 22.0 Å². The van der Waals surface area contributed by atoms with E-state index in [0.717, 1.165) is 11.3 Å². The van der Waals surface area contributed by atoms with E-state index in [4.69, 9.17) is 10.5 Å². The molecule has 0 saturated carbocycles. The second-order valence-corrected chi connectivity index (χ2v) is 3.96. The van der Waals surface area contributed by atoms with Crippen LogP contribution in [0.4, 0.5) is 0 Å². The number of nitrogens with one attached hydrogen (secondary N) is 1. The first-order chi connectivity index (χ1) is 8.75. The molecule has 2 rings (SSSR count). The number of H-pyrrole nitrogens is 1. The molecule has 102 valence electrons. The van der Waals surface area contributed by atoms with Crippen molar-refractivity contribution in [1.29, 1.82) is 0 Å². The first-order valence-electron chi connectivity index (χ1n) is 5.69. The molecule has 1 atom stereocenters. The molecule has 0 aliphatic carbocycles. The van der Waals surface area contributed by atoms with Gasteiger partial charge in [-0.3, -0.25) is 4.79 Å². The van der Waals surface area contributed by atoms with Gasteiger partial charge in [0.15, 0.2) is 0 Å². The topological polar surface area (TPSA) is 81.0 Å². The highest BCUT2D eigenvalue weighted by Crippen LogP contribution is 2.03. The fourth-order valence-corrected chi connectivity index (χ4v) is 1.55. The fourth-order valence-electron chi connectivity index (χ4n) is 1.55. The lowest BCUT2D eigenvalue weighted by atomic mass is 10.2. The summed E-state index contributed by atoms with van der Waals surface area (Å²) >= 11 is 0. The van der Waals surface area contributed by atoms with E-state index in [1.807, 2.05) is 30.3 Å². The van der Waals surface area contributed by atoms with Crippen LogP contribution in [0.2, 0.25) is 0 Å². The van der Waals surface area contributed by atoms with Crippen LogP contribution in [-0.2, 0) is 22.6 Å². The van der Waals surface area contributed by atoms with E-state index in [9.17, 15) is 4.79 Å². The minimum atomic E-state index is -0.683. The van der Waals surface area contributed by atoms with Gasteiger partial charge in [-0.1, -0.05) is 30.3 Å². The zero-order chi connectivity index (χ0) is 12.8. The van der Waals surface area contributed by atoms with Gasteiger partial charge >= 0.3 is 5.97 Å². The molecule has 3 N–H and O–H groups in total. The van der Waals surface area contributed by atoms with Crippen molar-refractivity contribution < 1.29 is 9.53 Å².